The van der Waals surface area contributed by atoms with Gasteiger partial charge in [-0.25, -0.2) is 0 Å². The Hall–Kier alpha value is -1.56. The molecule has 0 aliphatic heterocycles. The molecule has 0 fully saturated rings. The van der Waals surface area contributed by atoms with E-state index in [0.717, 1.165) is 22.1 Å². The molecule has 3 aromatic rings. The summed E-state index contributed by atoms with van der Waals surface area (Å²) in [7, 11) is 0. The first-order valence-corrected chi connectivity index (χ1v) is 7.84. The molecule has 4 nitrogen and oxygen atoms in total. The van der Waals surface area contributed by atoms with Gasteiger partial charge in [0.25, 0.3) is 0 Å². The van der Waals surface area contributed by atoms with Crippen molar-refractivity contribution in [1.29, 1.82) is 0 Å². The molecule has 0 saturated carbocycles. The predicted octanol–water partition coefficient (Wildman–Crippen LogP) is 3.42. The van der Waals surface area contributed by atoms with Crippen LogP contribution in [0.3, 0.4) is 0 Å². The van der Waals surface area contributed by atoms with E-state index in [4.69, 9.17) is 17.3 Å². The summed E-state index contributed by atoms with van der Waals surface area (Å²) in [6, 6.07) is 11.8. The molecular formula is C15H15ClN4S. The van der Waals surface area contributed by atoms with Gasteiger partial charge in [-0.05, 0) is 54.9 Å². The fourth-order valence-corrected chi connectivity index (χ4v) is 3.36. The largest absolute Gasteiger partial charge is 0.328 e. The highest BCUT2D eigenvalue weighted by molar-refractivity contribution is 7.99. The molecule has 0 bridgehead atoms. The van der Waals surface area contributed by atoms with Crippen LogP contribution >= 0.6 is 23.4 Å². The predicted molar refractivity (Wildman–Crippen MR) is 85.9 cm³/mol. The molecule has 21 heavy (non-hydrogen) atoms. The summed E-state index contributed by atoms with van der Waals surface area (Å²) in [5, 5.41) is 9.93. The fourth-order valence-electron chi connectivity index (χ4n) is 2.13. The summed E-state index contributed by atoms with van der Waals surface area (Å²) >= 11 is 7.68. The lowest BCUT2D eigenvalue weighted by Gasteiger charge is -2.11. The molecule has 1 aromatic carbocycles. The molecule has 6 heteroatoms. The maximum Gasteiger partial charge on any atom is 0.200 e. The minimum atomic E-state index is 0.0978. The van der Waals surface area contributed by atoms with E-state index < -0.39 is 0 Å². The maximum absolute atomic E-state index is 6.12. The van der Waals surface area contributed by atoms with Crippen molar-refractivity contribution in [3.8, 4) is 0 Å². The minimum Gasteiger partial charge on any atom is -0.328 e. The average Bonchev–Trinajstić information content (AvgIpc) is 2.85. The second kappa shape index (κ2) is 6.05. The van der Waals surface area contributed by atoms with Gasteiger partial charge in [0.15, 0.2) is 10.8 Å². The van der Waals surface area contributed by atoms with Crippen molar-refractivity contribution in [1.82, 2.24) is 14.6 Å². The second-order valence-electron chi connectivity index (χ2n) is 4.95. The van der Waals surface area contributed by atoms with E-state index in [-0.39, 0.29) is 6.04 Å². The van der Waals surface area contributed by atoms with Gasteiger partial charge in [-0.2, -0.15) is 0 Å². The number of rotatable bonds is 4. The van der Waals surface area contributed by atoms with Crippen LogP contribution in [-0.4, -0.2) is 20.6 Å². The standard InChI is InChI=1S/C15H15ClN4S/c1-10(17)8-11-5-6-12(16)9-13(11)21-15-19-18-14-4-2-3-7-20(14)15/h2-7,9-10H,8,17H2,1H3. The van der Waals surface area contributed by atoms with Crippen molar-refractivity contribution in [2.24, 2.45) is 5.73 Å². The summed E-state index contributed by atoms with van der Waals surface area (Å²) < 4.78 is 1.96. The van der Waals surface area contributed by atoms with Gasteiger partial charge in [-0.15, -0.1) is 10.2 Å². The number of fused-ring (bicyclic) bond motifs is 1. The van der Waals surface area contributed by atoms with Crippen LogP contribution < -0.4 is 5.73 Å². The Morgan fingerprint density at radius 3 is 2.95 bits per heavy atom. The van der Waals surface area contributed by atoms with Crippen molar-refractivity contribution in [3.05, 3.63) is 53.2 Å². The van der Waals surface area contributed by atoms with E-state index in [1.807, 2.05) is 53.9 Å². The van der Waals surface area contributed by atoms with Gasteiger partial charge in [-0.3, -0.25) is 4.40 Å². The molecule has 2 heterocycles. The van der Waals surface area contributed by atoms with Gasteiger partial charge in [0, 0.05) is 22.2 Å². The van der Waals surface area contributed by atoms with E-state index in [9.17, 15) is 0 Å². The van der Waals surface area contributed by atoms with Gasteiger partial charge in [0.2, 0.25) is 0 Å². The summed E-state index contributed by atoms with van der Waals surface area (Å²) in [6.45, 7) is 2.00. The van der Waals surface area contributed by atoms with Crippen LogP contribution in [0, 0.1) is 0 Å². The lowest BCUT2D eigenvalue weighted by Crippen LogP contribution is -2.18. The van der Waals surface area contributed by atoms with E-state index in [0.29, 0.717) is 5.02 Å². The zero-order valence-electron chi connectivity index (χ0n) is 11.5. The zero-order valence-corrected chi connectivity index (χ0v) is 13.1. The first kappa shape index (κ1) is 14.4. The summed E-state index contributed by atoms with van der Waals surface area (Å²) in [4.78, 5) is 1.07. The first-order valence-electron chi connectivity index (χ1n) is 6.65. The summed E-state index contributed by atoms with van der Waals surface area (Å²) in [5.74, 6) is 0. The average molecular weight is 319 g/mol. The highest BCUT2D eigenvalue weighted by Crippen LogP contribution is 2.32. The van der Waals surface area contributed by atoms with Crippen LogP contribution in [0.1, 0.15) is 12.5 Å². The Kier molecular flexibility index (Phi) is 4.14. The Bertz CT molecular complexity index is 769. The molecule has 0 spiro atoms. The SMILES string of the molecule is CC(N)Cc1ccc(Cl)cc1Sc1nnc2ccccn12. The van der Waals surface area contributed by atoms with Gasteiger partial charge < -0.3 is 5.73 Å². The van der Waals surface area contributed by atoms with E-state index >= 15 is 0 Å². The molecular weight excluding hydrogens is 304 g/mol. The van der Waals surface area contributed by atoms with Crippen molar-refractivity contribution in [2.75, 3.05) is 0 Å². The van der Waals surface area contributed by atoms with E-state index in [1.165, 1.54) is 5.56 Å². The van der Waals surface area contributed by atoms with Crippen LogP contribution in [0.25, 0.3) is 5.65 Å². The molecule has 0 aliphatic rings. The molecule has 1 unspecified atom stereocenters. The lowest BCUT2D eigenvalue weighted by molar-refractivity contribution is 0.729. The number of nitrogens with zero attached hydrogens (tertiary/aromatic N) is 3. The van der Waals surface area contributed by atoms with Crippen molar-refractivity contribution < 1.29 is 0 Å². The number of pyridine rings is 1. The number of hydrogen-bond donors (Lipinski definition) is 1. The Morgan fingerprint density at radius 1 is 1.29 bits per heavy atom. The van der Waals surface area contributed by atoms with Gasteiger partial charge in [-0.1, -0.05) is 23.7 Å². The van der Waals surface area contributed by atoms with Crippen LogP contribution in [0.15, 0.2) is 52.6 Å². The van der Waals surface area contributed by atoms with Crippen LogP contribution in [-0.2, 0) is 6.42 Å². The normalized spacial score (nSPS) is 12.7. The smallest absolute Gasteiger partial charge is 0.200 e. The minimum absolute atomic E-state index is 0.0978. The zero-order chi connectivity index (χ0) is 14.8. The number of hydrogen-bond acceptors (Lipinski definition) is 4. The third kappa shape index (κ3) is 3.20. The van der Waals surface area contributed by atoms with Crippen LogP contribution in [0.5, 0.6) is 0 Å². The number of halogens is 1. The highest BCUT2D eigenvalue weighted by atomic mass is 35.5. The van der Waals surface area contributed by atoms with Crippen molar-refractivity contribution >= 4 is 29.0 Å². The summed E-state index contributed by atoms with van der Waals surface area (Å²) in [5.41, 5.74) is 7.92. The molecule has 2 aromatic heterocycles. The Labute approximate surface area is 132 Å². The topological polar surface area (TPSA) is 56.2 Å². The monoisotopic (exact) mass is 318 g/mol. The van der Waals surface area contributed by atoms with Crippen LogP contribution in [0.4, 0.5) is 0 Å². The Balaban J connectivity index is 1.98. The molecule has 0 aliphatic carbocycles. The first-order chi connectivity index (χ1) is 10.1. The molecule has 0 radical (unpaired) electrons. The third-order valence-corrected chi connectivity index (χ3v) is 4.35. The summed E-state index contributed by atoms with van der Waals surface area (Å²) in [6.07, 6.45) is 2.75. The van der Waals surface area contributed by atoms with E-state index in [1.54, 1.807) is 11.8 Å². The highest BCUT2D eigenvalue weighted by Gasteiger charge is 2.12. The molecule has 1 atom stereocenters. The van der Waals surface area contributed by atoms with Gasteiger partial charge in [0.1, 0.15) is 0 Å². The molecule has 0 saturated heterocycles. The van der Waals surface area contributed by atoms with Gasteiger partial charge in [0.05, 0.1) is 0 Å². The number of nitrogens with two attached hydrogens (primary N) is 1. The van der Waals surface area contributed by atoms with Crippen LogP contribution in [0.2, 0.25) is 5.02 Å². The quantitative estimate of drug-likeness (QED) is 0.800. The Morgan fingerprint density at radius 2 is 2.14 bits per heavy atom. The molecule has 108 valence electrons. The molecule has 2 N–H and O–H groups in total. The number of benzene rings is 1. The van der Waals surface area contributed by atoms with E-state index in [2.05, 4.69) is 10.2 Å². The van der Waals surface area contributed by atoms with Crippen molar-refractivity contribution in [3.63, 3.8) is 0 Å². The third-order valence-electron chi connectivity index (χ3n) is 3.05. The molecule has 0 amide bonds. The number of aromatic nitrogens is 3. The van der Waals surface area contributed by atoms with Crippen molar-refractivity contribution in [2.45, 2.75) is 29.4 Å². The molecule has 3 rings (SSSR count). The lowest BCUT2D eigenvalue weighted by atomic mass is 10.1. The maximum atomic E-state index is 6.12. The second-order valence-corrected chi connectivity index (χ2v) is 6.39. The fraction of sp³-hybridized carbons (Fsp3) is 0.200. The van der Waals surface area contributed by atoms with Gasteiger partial charge >= 0.3 is 0 Å².